The first-order valence-electron chi connectivity index (χ1n) is 9.56. The van der Waals surface area contributed by atoms with Crippen LogP contribution >= 0.6 is 22.7 Å². The van der Waals surface area contributed by atoms with Gasteiger partial charge in [-0.2, -0.15) is 9.30 Å². The van der Waals surface area contributed by atoms with E-state index in [1.165, 1.54) is 27.1 Å². The third-order valence-corrected chi connectivity index (χ3v) is 9.32. The Kier molecular flexibility index (Phi) is 6.20. The molecule has 6 nitrogen and oxygen atoms in total. The van der Waals surface area contributed by atoms with E-state index in [4.69, 9.17) is 0 Å². The van der Waals surface area contributed by atoms with Gasteiger partial charge in [-0.15, -0.1) is 17.9 Å². The number of rotatable bonds is 5. The van der Waals surface area contributed by atoms with Crippen molar-refractivity contribution >= 4 is 48.8 Å². The van der Waals surface area contributed by atoms with Gasteiger partial charge in [-0.1, -0.05) is 29.9 Å². The van der Waals surface area contributed by atoms with Crippen LogP contribution in [0.5, 0.6) is 0 Å². The first kappa shape index (κ1) is 22.0. The maximum absolute atomic E-state index is 14.4. The minimum Gasteiger partial charge on any atom is -0.310 e. The highest BCUT2D eigenvalue weighted by molar-refractivity contribution is 7.91. The molecule has 1 unspecified atom stereocenters. The highest BCUT2D eigenvalue weighted by Gasteiger charge is 2.38. The summed E-state index contributed by atoms with van der Waals surface area (Å²) in [6.45, 7) is 4.04. The molecule has 0 saturated carbocycles. The molecule has 31 heavy (non-hydrogen) atoms. The first-order chi connectivity index (χ1) is 14.8. The number of carbonyl (C=O) groups is 1. The number of halogens is 2. The fourth-order valence-electron chi connectivity index (χ4n) is 3.65. The largest absolute Gasteiger partial charge is 0.310 e. The lowest BCUT2D eigenvalue weighted by atomic mass is 10.0. The highest BCUT2D eigenvalue weighted by atomic mass is 32.2. The number of aromatic nitrogens is 1. The van der Waals surface area contributed by atoms with E-state index in [9.17, 15) is 22.0 Å². The van der Waals surface area contributed by atoms with Gasteiger partial charge in [0.15, 0.2) is 10.6 Å². The van der Waals surface area contributed by atoms with Crippen molar-refractivity contribution in [1.29, 1.82) is 0 Å². The number of sulfonamides is 1. The minimum absolute atomic E-state index is 0.129. The molecule has 3 heterocycles. The van der Waals surface area contributed by atoms with Crippen LogP contribution < -0.4 is 4.80 Å². The third-order valence-electron chi connectivity index (χ3n) is 5.01. The molecule has 0 bridgehead atoms. The fourth-order valence-corrected chi connectivity index (χ4v) is 7.50. The lowest BCUT2D eigenvalue weighted by molar-refractivity contribution is -0.122. The van der Waals surface area contributed by atoms with Crippen LogP contribution in [0.3, 0.4) is 0 Å². The average molecular weight is 484 g/mol. The Morgan fingerprint density at radius 1 is 1.32 bits per heavy atom. The van der Waals surface area contributed by atoms with E-state index in [2.05, 4.69) is 11.6 Å². The SMILES string of the molecule is C=CCn1c(=NC(=O)C2CCCCN2S(=O)(=O)c2cccs2)sc2cc(F)cc(F)c21. The molecule has 1 aliphatic heterocycles. The van der Waals surface area contributed by atoms with Crippen molar-refractivity contribution in [1.82, 2.24) is 8.87 Å². The van der Waals surface area contributed by atoms with E-state index in [-0.39, 0.29) is 27.6 Å². The Morgan fingerprint density at radius 2 is 2.13 bits per heavy atom. The fraction of sp³-hybridized carbons (Fsp3) is 0.300. The Hall–Kier alpha value is -2.21. The number of fused-ring (bicyclic) bond motifs is 1. The molecule has 11 heteroatoms. The number of thiophene rings is 1. The molecule has 1 saturated heterocycles. The summed E-state index contributed by atoms with van der Waals surface area (Å²) < 4.78 is 57.3. The van der Waals surface area contributed by atoms with E-state index >= 15 is 0 Å². The number of allylic oxidation sites excluding steroid dienone is 1. The predicted octanol–water partition coefficient (Wildman–Crippen LogP) is 3.90. The van der Waals surface area contributed by atoms with E-state index < -0.39 is 33.6 Å². The summed E-state index contributed by atoms with van der Waals surface area (Å²) in [4.78, 5) is 17.4. The van der Waals surface area contributed by atoms with Crippen molar-refractivity contribution in [3.8, 4) is 0 Å². The molecular weight excluding hydrogens is 464 g/mol. The molecule has 1 aliphatic rings. The molecule has 0 N–H and O–H groups in total. The maximum atomic E-state index is 14.4. The van der Waals surface area contributed by atoms with E-state index in [1.807, 2.05) is 0 Å². The zero-order valence-electron chi connectivity index (χ0n) is 16.3. The molecular formula is C20H19F2N3O3S3. The topological polar surface area (TPSA) is 71.7 Å². The van der Waals surface area contributed by atoms with Gasteiger partial charge in [0.2, 0.25) is 0 Å². The molecule has 0 radical (unpaired) electrons. The van der Waals surface area contributed by atoms with Crippen molar-refractivity contribution in [3.05, 3.63) is 58.7 Å². The van der Waals surface area contributed by atoms with Crippen LogP contribution in [0.25, 0.3) is 10.2 Å². The van der Waals surface area contributed by atoms with Gasteiger partial charge in [0.05, 0.1) is 10.2 Å². The van der Waals surface area contributed by atoms with Crippen molar-refractivity contribution in [2.75, 3.05) is 6.54 Å². The lowest BCUT2D eigenvalue weighted by Gasteiger charge is -2.31. The zero-order chi connectivity index (χ0) is 22.2. The maximum Gasteiger partial charge on any atom is 0.266 e. The number of benzene rings is 1. The molecule has 3 aromatic rings. The highest BCUT2D eigenvalue weighted by Crippen LogP contribution is 2.29. The standard InChI is InChI=1S/C20H19F2N3O3S3/c1-2-8-24-18-14(22)11-13(21)12-16(18)30-20(24)23-19(26)15-6-3-4-9-25(15)31(27,28)17-7-5-10-29-17/h2,5,7,10-12,15H,1,3-4,6,8-9H2. The summed E-state index contributed by atoms with van der Waals surface area (Å²) >= 11 is 2.07. The number of piperidine rings is 1. The zero-order valence-corrected chi connectivity index (χ0v) is 18.8. The number of amides is 1. The molecule has 2 aromatic heterocycles. The number of carbonyl (C=O) groups excluding carboxylic acids is 1. The molecule has 0 spiro atoms. The van der Waals surface area contributed by atoms with Crippen LogP contribution in [0.4, 0.5) is 8.78 Å². The van der Waals surface area contributed by atoms with Crippen molar-refractivity contribution in [2.45, 2.75) is 36.1 Å². The summed E-state index contributed by atoms with van der Waals surface area (Å²) in [5, 5.41) is 1.67. The summed E-state index contributed by atoms with van der Waals surface area (Å²) in [5.41, 5.74) is 0.129. The van der Waals surface area contributed by atoms with Gasteiger partial charge in [-0.25, -0.2) is 17.2 Å². The Labute approximate surface area is 185 Å². The van der Waals surface area contributed by atoms with Gasteiger partial charge in [0.25, 0.3) is 15.9 Å². The lowest BCUT2D eigenvalue weighted by Crippen LogP contribution is -2.47. The Morgan fingerprint density at radius 3 is 2.84 bits per heavy atom. The molecule has 4 rings (SSSR count). The van der Waals surface area contributed by atoms with Gasteiger partial charge < -0.3 is 4.57 Å². The quantitative estimate of drug-likeness (QED) is 0.517. The number of thiazole rings is 1. The summed E-state index contributed by atoms with van der Waals surface area (Å²) in [6, 6.07) is 4.17. The predicted molar refractivity (Wildman–Crippen MR) is 116 cm³/mol. The van der Waals surface area contributed by atoms with Gasteiger partial charge in [-0.05, 0) is 30.4 Å². The van der Waals surface area contributed by atoms with Crippen LogP contribution in [0.15, 0.2) is 51.5 Å². The second-order valence-electron chi connectivity index (χ2n) is 7.03. The van der Waals surface area contributed by atoms with Crippen molar-refractivity contribution in [2.24, 2.45) is 4.99 Å². The molecule has 1 fully saturated rings. The van der Waals surface area contributed by atoms with E-state index in [0.717, 1.165) is 28.7 Å². The van der Waals surface area contributed by atoms with Crippen LogP contribution in [0.1, 0.15) is 19.3 Å². The molecule has 1 aromatic carbocycles. The van der Waals surface area contributed by atoms with E-state index in [0.29, 0.717) is 24.0 Å². The van der Waals surface area contributed by atoms with Crippen LogP contribution in [0.2, 0.25) is 0 Å². The average Bonchev–Trinajstić information content (AvgIpc) is 3.38. The number of hydrogen-bond acceptors (Lipinski definition) is 5. The Balaban J connectivity index is 1.78. The van der Waals surface area contributed by atoms with E-state index in [1.54, 1.807) is 11.4 Å². The molecule has 1 amide bonds. The Bertz CT molecular complexity index is 1310. The van der Waals surface area contributed by atoms with Gasteiger partial charge in [0.1, 0.15) is 16.1 Å². The van der Waals surface area contributed by atoms with Crippen LogP contribution in [0, 0.1) is 11.6 Å². The first-order valence-corrected chi connectivity index (χ1v) is 12.7. The van der Waals surface area contributed by atoms with Gasteiger partial charge >= 0.3 is 0 Å². The second kappa shape index (κ2) is 8.73. The number of hydrogen-bond donors (Lipinski definition) is 0. The number of nitrogens with zero attached hydrogens (tertiary/aromatic N) is 3. The smallest absolute Gasteiger partial charge is 0.266 e. The van der Waals surface area contributed by atoms with Gasteiger partial charge in [-0.3, -0.25) is 4.79 Å². The minimum atomic E-state index is -3.82. The summed E-state index contributed by atoms with van der Waals surface area (Å²) in [5.74, 6) is -2.11. The normalized spacial score (nSPS) is 18.5. The van der Waals surface area contributed by atoms with Crippen molar-refractivity contribution in [3.63, 3.8) is 0 Å². The summed E-state index contributed by atoms with van der Waals surface area (Å²) in [6.07, 6.45) is 3.22. The monoisotopic (exact) mass is 483 g/mol. The van der Waals surface area contributed by atoms with Crippen LogP contribution in [-0.2, 0) is 21.4 Å². The second-order valence-corrected chi connectivity index (χ2v) is 11.1. The van der Waals surface area contributed by atoms with Crippen molar-refractivity contribution < 1.29 is 22.0 Å². The van der Waals surface area contributed by atoms with Crippen LogP contribution in [-0.4, -0.2) is 35.8 Å². The summed E-state index contributed by atoms with van der Waals surface area (Å²) in [7, 11) is -3.82. The molecule has 1 atom stereocenters. The molecule has 0 aliphatic carbocycles. The third kappa shape index (κ3) is 4.14. The molecule has 164 valence electrons. The van der Waals surface area contributed by atoms with Gasteiger partial charge in [0, 0.05) is 19.2 Å².